The fraction of sp³-hybridized carbons (Fsp3) is 1.00. The smallest absolute Gasteiger partial charge is 0.0195 e. The Balaban J connectivity index is 1.88. The largest absolute Gasteiger partial charge is 0.316 e. The van der Waals surface area contributed by atoms with E-state index in [4.69, 9.17) is 0 Å². The molecule has 2 atom stereocenters. The molecule has 0 aromatic heterocycles. The maximum absolute atomic E-state index is 3.43. The Labute approximate surface area is 81.7 Å². The van der Waals surface area contributed by atoms with Crippen molar-refractivity contribution >= 4 is 0 Å². The van der Waals surface area contributed by atoms with Crippen molar-refractivity contribution in [2.75, 3.05) is 20.1 Å². The lowest BCUT2D eigenvalue weighted by molar-refractivity contribution is 0.0652. The number of likely N-dealkylation sites (tertiary alicyclic amines) is 1. The van der Waals surface area contributed by atoms with E-state index in [1.54, 1.807) is 0 Å². The van der Waals surface area contributed by atoms with Crippen molar-refractivity contribution in [2.45, 2.75) is 44.7 Å². The minimum Gasteiger partial charge on any atom is -0.316 e. The molecule has 13 heavy (non-hydrogen) atoms. The molecule has 2 heteroatoms. The fourth-order valence-electron chi connectivity index (χ4n) is 2.65. The van der Waals surface area contributed by atoms with Crippen LogP contribution < -0.4 is 5.32 Å². The molecule has 2 rings (SSSR count). The molecule has 1 N–H and O–H groups in total. The summed E-state index contributed by atoms with van der Waals surface area (Å²) in [7, 11) is 2.10. The van der Waals surface area contributed by atoms with Gasteiger partial charge in [-0.15, -0.1) is 0 Å². The summed E-state index contributed by atoms with van der Waals surface area (Å²) in [6.07, 6.45) is 5.71. The summed E-state index contributed by atoms with van der Waals surface area (Å²) in [5, 5.41) is 3.43. The lowest BCUT2D eigenvalue weighted by Crippen LogP contribution is -2.53. The zero-order valence-corrected chi connectivity index (χ0v) is 8.92. The third kappa shape index (κ3) is 2.05. The van der Waals surface area contributed by atoms with E-state index in [1.165, 1.54) is 38.8 Å². The van der Waals surface area contributed by atoms with Crippen molar-refractivity contribution in [3.8, 4) is 0 Å². The van der Waals surface area contributed by atoms with Crippen LogP contribution in [0.3, 0.4) is 0 Å². The molecule has 0 bridgehead atoms. The number of nitrogens with zero attached hydrogens (tertiary/aromatic N) is 1. The average Bonchev–Trinajstić information content (AvgIpc) is 2.00. The van der Waals surface area contributed by atoms with Crippen LogP contribution in [0.4, 0.5) is 0 Å². The van der Waals surface area contributed by atoms with Gasteiger partial charge in [0.2, 0.25) is 0 Å². The van der Waals surface area contributed by atoms with E-state index in [9.17, 15) is 0 Å². The van der Waals surface area contributed by atoms with Crippen LogP contribution in [0.15, 0.2) is 0 Å². The van der Waals surface area contributed by atoms with Crippen LogP contribution in [-0.4, -0.2) is 37.1 Å². The molecule has 2 fully saturated rings. The summed E-state index contributed by atoms with van der Waals surface area (Å²) < 4.78 is 0. The maximum atomic E-state index is 3.43. The predicted octanol–water partition coefficient (Wildman–Crippen LogP) is 1.47. The van der Waals surface area contributed by atoms with E-state index in [1.807, 2.05) is 0 Å². The molecular weight excluding hydrogens is 160 g/mol. The first-order chi connectivity index (χ1) is 6.29. The zero-order chi connectivity index (χ0) is 9.26. The SMILES string of the molecule is CNC1CC(C)CN(C2CCC2)C1. The molecule has 1 aliphatic heterocycles. The minimum atomic E-state index is 0.740. The van der Waals surface area contributed by atoms with Crippen LogP contribution >= 0.6 is 0 Å². The van der Waals surface area contributed by atoms with Gasteiger partial charge in [0, 0.05) is 25.2 Å². The lowest BCUT2D eigenvalue weighted by Gasteiger charge is -2.44. The standard InChI is InChI=1S/C11H22N2/c1-9-6-10(12-2)8-13(7-9)11-4-3-5-11/h9-12H,3-8H2,1-2H3. The van der Waals surface area contributed by atoms with Gasteiger partial charge >= 0.3 is 0 Å². The quantitative estimate of drug-likeness (QED) is 0.695. The van der Waals surface area contributed by atoms with Crippen LogP contribution in [0.1, 0.15) is 32.6 Å². The highest BCUT2D eigenvalue weighted by Gasteiger charge is 2.31. The number of hydrogen-bond acceptors (Lipinski definition) is 2. The molecular formula is C11H22N2. The first-order valence-electron chi connectivity index (χ1n) is 5.71. The maximum Gasteiger partial charge on any atom is 0.0195 e. The predicted molar refractivity (Wildman–Crippen MR) is 55.8 cm³/mol. The van der Waals surface area contributed by atoms with Gasteiger partial charge in [0.15, 0.2) is 0 Å². The summed E-state index contributed by atoms with van der Waals surface area (Å²) in [5.41, 5.74) is 0. The molecule has 1 saturated heterocycles. The Hall–Kier alpha value is -0.0800. The zero-order valence-electron chi connectivity index (χ0n) is 8.92. The summed E-state index contributed by atoms with van der Waals surface area (Å²) in [6.45, 7) is 5.00. The van der Waals surface area contributed by atoms with Crippen LogP contribution in [-0.2, 0) is 0 Å². The van der Waals surface area contributed by atoms with Gasteiger partial charge in [-0.2, -0.15) is 0 Å². The Bertz CT molecular complexity index is 165. The Morgan fingerprint density at radius 1 is 1.23 bits per heavy atom. The molecule has 0 aromatic rings. The van der Waals surface area contributed by atoms with Gasteiger partial charge in [-0.25, -0.2) is 0 Å². The molecule has 0 radical (unpaired) electrons. The van der Waals surface area contributed by atoms with Crippen molar-refractivity contribution in [3.63, 3.8) is 0 Å². The molecule has 76 valence electrons. The van der Waals surface area contributed by atoms with E-state index in [2.05, 4.69) is 24.2 Å². The molecule has 1 aliphatic carbocycles. The second-order valence-corrected chi connectivity index (χ2v) is 4.87. The first kappa shape index (κ1) is 9.47. The summed E-state index contributed by atoms with van der Waals surface area (Å²) >= 11 is 0. The number of hydrogen-bond donors (Lipinski definition) is 1. The average molecular weight is 182 g/mol. The van der Waals surface area contributed by atoms with E-state index < -0.39 is 0 Å². The van der Waals surface area contributed by atoms with E-state index in [0.717, 1.165) is 18.0 Å². The molecule has 2 aliphatic rings. The summed E-state index contributed by atoms with van der Waals surface area (Å²) in [4.78, 5) is 2.71. The van der Waals surface area contributed by atoms with Crippen LogP contribution in [0.25, 0.3) is 0 Å². The van der Waals surface area contributed by atoms with Gasteiger partial charge < -0.3 is 5.32 Å². The van der Waals surface area contributed by atoms with Gasteiger partial charge in [-0.3, -0.25) is 4.90 Å². The molecule has 1 saturated carbocycles. The minimum absolute atomic E-state index is 0.740. The lowest BCUT2D eigenvalue weighted by atomic mass is 9.87. The van der Waals surface area contributed by atoms with Crippen molar-refractivity contribution in [2.24, 2.45) is 5.92 Å². The Morgan fingerprint density at radius 3 is 2.54 bits per heavy atom. The van der Waals surface area contributed by atoms with Gasteiger partial charge in [0.25, 0.3) is 0 Å². The topological polar surface area (TPSA) is 15.3 Å². The first-order valence-corrected chi connectivity index (χ1v) is 5.71. The number of rotatable bonds is 2. The van der Waals surface area contributed by atoms with Gasteiger partial charge in [-0.05, 0) is 32.2 Å². The molecule has 0 amide bonds. The highest BCUT2D eigenvalue weighted by molar-refractivity contribution is 4.88. The summed E-state index contributed by atoms with van der Waals surface area (Å²) in [5.74, 6) is 0.881. The highest BCUT2D eigenvalue weighted by Crippen LogP contribution is 2.28. The third-order valence-electron chi connectivity index (χ3n) is 3.69. The molecule has 1 heterocycles. The summed E-state index contributed by atoms with van der Waals surface area (Å²) in [6, 6.07) is 1.67. The third-order valence-corrected chi connectivity index (χ3v) is 3.69. The Morgan fingerprint density at radius 2 is 2.00 bits per heavy atom. The monoisotopic (exact) mass is 182 g/mol. The van der Waals surface area contributed by atoms with Crippen molar-refractivity contribution in [1.29, 1.82) is 0 Å². The van der Waals surface area contributed by atoms with Crippen LogP contribution in [0, 0.1) is 5.92 Å². The van der Waals surface area contributed by atoms with Gasteiger partial charge in [-0.1, -0.05) is 13.3 Å². The van der Waals surface area contributed by atoms with Gasteiger partial charge in [0.1, 0.15) is 0 Å². The Kier molecular flexibility index (Phi) is 2.89. The normalized spacial score (nSPS) is 37.4. The molecule has 0 spiro atoms. The molecule has 2 nitrogen and oxygen atoms in total. The number of nitrogens with one attached hydrogen (secondary N) is 1. The molecule has 0 aromatic carbocycles. The van der Waals surface area contributed by atoms with Crippen LogP contribution in [0.5, 0.6) is 0 Å². The van der Waals surface area contributed by atoms with E-state index >= 15 is 0 Å². The van der Waals surface area contributed by atoms with E-state index in [-0.39, 0.29) is 0 Å². The number of likely N-dealkylation sites (N-methyl/N-ethyl adjacent to an activating group) is 1. The van der Waals surface area contributed by atoms with E-state index in [0.29, 0.717) is 0 Å². The van der Waals surface area contributed by atoms with Crippen LogP contribution in [0.2, 0.25) is 0 Å². The number of piperidine rings is 1. The van der Waals surface area contributed by atoms with Gasteiger partial charge in [0.05, 0.1) is 0 Å². The second kappa shape index (κ2) is 3.97. The van der Waals surface area contributed by atoms with Crippen molar-refractivity contribution in [3.05, 3.63) is 0 Å². The highest BCUT2D eigenvalue weighted by atomic mass is 15.2. The molecule has 2 unspecified atom stereocenters. The van der Waals surface area contributed by atoms with Crippen molar-refractivity contribution in [1.82, 2.24) is 10.2 Å². The van der Waals surface area contributed by atoms with Crippen molar-refractivity contribution < 1.29 is 0 Å². The fourth-order valence-corrected chi connectivity index (χ4v) is 2.65. The second-order valence-electron chi connectivity index (χ2n) is 4.87.